The van der Waals surface area contributed by atoms with Crippen LogP contribution in [-0.2, 0) is 19.1 Å². The van der Waals surface area contributed by atoms with E-state index in [0.29, 0.717) is 19.8 Å². The molecule has 1 rings (SSSR count). The number of esters is 1. The largest absolute Gasteiger partial charge is 0.465 e. The minimum absolute atomic E-state index is 0.0643. The Morgan fingerprint density at radius 2 is 2.00 bits per heavy atom. The molecule has 0 aromatic heterocycles. The quantitative estimate of drug-likeness (QED) is 0.518. The Hall–Kier alpha value is -1.57. The molecule has 0 spiro atoms. The fourth-order valence-electron chi connectivity index (χ4n) is 1.96. The van der Waals surface area contributed by atoms with Crippen molar-refractivity contribution in [1.82, 2.24) is 4.90 Å². The molecular weight excluding hydrogens is 316 g/mol. The average Bonchev–Trinajstić information content (AvgIpc) is 2.53. The number of hydrogen-bond acceptors (Lipinski definition) is 6. The number of ether oxygens (including phenoxy) is 2. The maximum Gasteiger partial charge on any atom is 0.320 e. The number of hydrogen-bond donors (Lipinski definition) is 1. The molecule has 1 N–H and O–H groups in total. The van der Waals surface area contributed by atoms with Gasteiger partial charge in [0, 0.05) is 18.6 Å². The fraction of sp³-hybridized carbons (Fsp3) is 0.500. The highest BCUT2D eigenvalue weighted by Gasteiger charge is 2.16. The van der Waals surface area contributed by atoms with Gasteiger partial charge in [-0.1, -0.05) is 12.1 Å². The molecule has 1 amide bonds. The highest BCUT2D eigenvalue weighted by molar-refractivity contribution is 7.98. The van der Waals surface area contributed by atoms with Crippen LogP contribution < -0.4 is 5.32 Å². The summed E-state index contributed by atoms with van der Waals surface area (Å²) in [5.74, 6) is -0.521. The zero-order valence-electron chi connectivity index (χ0n) is 13.8. The summed E-state index contributed by atoms with van der Waals surface area (Å²) in [4.78, 5) is 26.6. The standard InChI is InChI=1S/C16H24N2O4S/c1-4-22-16(20)12-18(9-10-21-2)11-15(19)17-13-7-5-6-8-14(13)23-3/h5-8H,4,9-12H2,1-3H3,(H,17,19). The Labute approximate surface area is 141 Å². The van der Waals surface area contributed by atoms with Gasteiger partial charge >= 0.3 is 5.97 Å². The van der Waals surface area contributed by atoms with E-state index in [0.717, 1.165) is 10.6 Å². The van der Waals surface area contributed by atoms with Crippen LogP contribution in [0.4, 0.5) is 5.69 Å². The Morgan fingerprint density at radius 3 is 2.65 bits per heavy atom. The second-order valence-corrected chi connectivity index (χ2v) is 5.61. The highest BCUT2D eigenvalue weighted by Crippen LogP contribution is 2.24. The smallest absolute Gasteiger partial charge is 0.320 e. The maximum atomic E-state index is 12.2. The number of nitrogens with zero attached hydrogens (tertiary/aromatic N) is 1. The monoisotopic (exact) mass is 340 g/mol. The van der Waals surface area contributed by atoms with Crippen molar-refractivity contribution in [1.29, 1.82) is 0 Å². The molecule has 23 heavy (non-hydrogen) atoms. The molecule has 0 aliphatic carbocycles. The Bertz CT molecular complexity index is 511. The molecule has 0 radical (unpaired) electrons. The fourth-order valence-corrected chi connectivity index (χ4v) is 2.52. The van der Waals surface area contributed by atoms with Crippen molar-refractivity contribution in [3.05, 3.63) is 24.3 Å². The third-order valence-electron chi connectivity index (χ3n) is 3.02. The van der Waals surface area contributed by atoms with Gasteiger partial charge in [0.2, 0.25) is 5.91 Å². The second-order valence-electron chi connectivity index (χ2n) is 4.76. The van der Waals surface area contributed by atoms with Crippen molar-refractivity contribution in [2.75, 3.05) is 51.5 Å². The molecule has 7 heteroatoms. The number of anilines is 1. The Kier molecular flexibility index (Phi) is 9.35. The lowest BCUT2D eigenvalue weighted by atomic mass is 10.3. The summed E-state index contributed by atoms with van der Waals surface area (Å²) in [5.41, 5.74) is 0.771. The molecule has 0 bridgehead atoms. The number of amides is 1. The number of nitrogens with one attached hydrogen (secondary N) is 1. The van der Waals surface area contributed by atoms with Crippen molar-refractivity contribution in [3.8, 4) is 0 Å². The highest BCUT2D eigenvalue weighted by atomic mass is 32.2. The van der Waals surface area contributed by atoms with Crippen LogP contribution in [0.25, 0.3) is 0 Å². The van der Waals surface area contributed by atoms with Gasteiger partial charge in [-0.15, -0.1) is 11.8 Å². The number of para-hydroxylation sites is 1. The van der Waals surface area contributed by atoms with E-state index in [-0.39, 0.29) is 25.0 Å². The van der Waals surface area contributed by atoms with E-state index in [4.69, 9.17) is 9.47 Å². The van der Waals surface area contributed by atoms with Crippen LogP contribution in [0.3, 0.4) is 0 Å². The third-order valence-corrected chi connectivity index (χ3v) is 3.81. The van der Waals surface area contributed by atoms with E-state index in [1.165, 1.54) is 0 Å². The average molecular weight is 340 g/mol. The molecule has 1 aromatic carbocycles. The lowest BCUT2D eigenvalue weighted by molar-refractivity contribution is -0.144. The molecular formula is C16H24N2O4S. The molecule has 0 unspecified atom stereocenters. The topological polar surface area (TPSA) is 67.9 Å². The summed E-state index contributed by atoms with van der Waals surface area (Å²) in [7, 11) is 1.58. The van der Waals surface area contributed by atoms with Gasteiger partial charge in [-0.2, -0.15) is 0 Å². The minimum Gasteiger partial charge on any atom is -0.465 e. The van der Waals surface area contributed by atoms with E-state index >= 15 is 0 Å². The van der Waals surface area contributed by atoms with E-state index in [1.807, 2.05) is 30.5 Å². The number of benzene rings is 1. The van der Waals surface area contributed by atoms with Crippen LogP contribution in [0.1, 0.15) is 6.92 Å². The first-order valence-corrected chi connectivity index (χ1v) is 8.63. The van der Waals surface area contributed by atoms with Crippen LogP contribution >= 0.6 is 11.8 Å². The van der Waals surface area contributed by atoms with Gasteiger partial charge in [0.15, 0.2) is 0 Å². The molecule has 1 aromatic rings. The van der Waals surface area contributed by atoms with Gasteiger partial charge in [0.05, 0.1) is 32.0 Å². The minimum atomic E-state index is -0.346. The molecule has 0 aliphatic heterocycles. The van der Waals surface area contributed by atoms with E-state index in [2.05, 4.69) is 5.32 Å². The molecule has 0 fully saturated rings. The SMILES string of the molecule is CCOC(=O)CN(CCOC)CC(=O)Nc1ccccc1SC. The predicted molar refractivity (Wildman–Crippen MR) is 91.8 cm³/mol. The molecule has 0 atom stereocenters. The second kappa shape index (κ2) is 11.0. The van der Waals surface area contributed by atoms with Crippen molar-refractivity contribution in [2.45, 2.75) is 11.8 Å². The number of rotatable bonds is 10. The van der Waals surface area contributed by atoms with Gasteiger partial charge in [0.25, 0.3) is 0 Å². The van der Waals surface area contributed by atoms with Gasteiger partial charge in [-0.25, -0.2) is 0 Å². The van der Waals surface area contributed by atoms with Gasteiger partial charge in [-0.3, -0.25) is 14.5 Å². The zero-order valence-corrected chi connectivity index (χ0v) is 14.6. The molecule has 0 saturated carbocycles. The van der Waals surface area contributed by atoms with Crippen molar-refractivity contribution < 1.29 is 19.1 Å². The van der Waals surface area contributed by atoms with Gasteiger partial charge < -0.3 is 14.8 Å². The predicted octanol–water partition coefficient (Wildman–Crippen LogP) is 1.86. The van der Waals surface area contributed by atoms with E-state index in [9.17, 15) is 9.59 Å². The molecule has 0 aliphatic rings. The summed E-state index contributed by atoms with van der Waals surface area (Å²) < 4.78 is 9.95. The third kappa shape index (κ3) is 7.49. The summed E-state index contributed by atoms with van der Waals surface area (Å²) in [6.45, 7) is 3.16. The Balaban J connectivity index is 2.62. The maximum absolute atomic E-state index is 12.2. The molecule has 0 saturated heterocycles. The van der Waals surface area contributed by atoms with Crippen molar-refractivity contribution in [2.24, 2.45) is 0 Å². The lowest BCUT2D eigenvalue weighted by Gasteiger charge is -2.20. The summed E-state index contributed by atoms with van der Waals surface area (Å²) >= 11 is 1.56. The van der Waals surface area contributed by atoms with Crippen LogP contribution in [0, 0.1) is 0 Å². The van der Waals surface area contributed by atoms with E-state index < -0.39 is 0 Å². The summed E-state index contributed by atoms with van der Waals surface area (Å²) in [6, 6.07) is 7.60. The van der Waals surface area contributed by atoms with E-state index in [1.54, 1.807) is 30.7 Å². The lowest BCUT2D eigenvalue weighted by Crippen LogP contribution is -2.39. The van der Waals surface area contributed by atoms with Gasteiger partial charge in [-0.05, 0) is 25.3 Å². The number of methoxy groups -OCH3 is 1. The first-order chi connectivity index (χ1) is 11.1. The number of carbonyl (C=O) groups excluding carboxylic acids is 2. The zero-order chi connectivity index (χ0) is 17.1. The van der Waals surface area contributed by atoms with Crippen LogP contribution in [0.2, 0.25) is 0 Å². The first kappa shape index (κ1) is 19.5. The van der Waals surface area contributed by atoms with Crippen LogP contribution in [-0.4, -0.2) is 63.0 Å². The van der Waals surface area contributed by atoms with Crippen LogP contribution in [0.5, 0.6) is 0 Å². The summed E-state index contributed by atoms with van der Waals surface area (Å²) in [5, 5.41) is 2.88. The number of carbonyl (C=O) groups is 2. The molecule has 128 valence electrons. The first-order valence-electron chi connectivity index (χ1n) is 7.40. The molecule has 0 heterocycles. The molecule has 6 nitrogen and oxygen atoms in total. The van der Waals surface area contributed by atoms with Crippen molar-refractivity contribution >= 4 is 29.3 Å². The normalized spacial score (nSPS) is 10.6. The number of thioether (sulfide) groups is 1. The van der Waals surface area contributed by atoms with Crippen molar-refractivity contribution in [3.63, 3.8) is 0 Å². The van der Waals surface area contributed by atoms with Gasteiger partial charge in [0.1, 0.15) is 0 Å². The summed E-state index contributed by atoms with van der Waals surface area (Å²) in [6.07, 6.45) is 1.95. The Morgan fingerprint density at radius 1 is 1.26 bits per heavy atom. The van der Waals surface area contributed by atoms with Crippen LogP contribution in [0.15, 0.2) is 29.2 Å².